The zero-order valence-electron chi connectivity index (χ0n) is 14.8. The minimum Gasteiger partial charge on any atom is -0.383 e. The molecule has 1 saturated heterocycles. The Bertz CT molecular complexity index is 900. The van der Waals surface area contributed by atoms with Crippen molar-refractivity contribution in [3.63, 3.8) is 0 Å². The molecule has 1 fully saturated rings. The van der Waals surface area contributed by atoms with E-state index < -0.39 is 0 Å². The molecule has 2 N–H and O–H groups in total. The Labute approximate surface area is 147 Å². The van der Waals surface area contributed by atoms with Crippen LogP contribution in [0.5, 0.6) is 0 Å². The van der Waals surface area contributed by atoms with Crippen LogP contribution in [0.25, 0.3) is 10.9 Å². The summed E-state index contributed by atoms with van der Waals surface area (Å²) in [5.74, 6) is 1.37. The van der Waals surface area contributed by atoms with Gasteiger partial charge in [-0.3, -0.25) is 9.58 Å². The lowest BCUT2D eigenvalue weighted by atomic mass is 10.2. The Morgan fingerprint density at radius 3 is 2.84 bits per heavy atom. The van der Waals surface area contributed by atoms with E-state index in [0.717, 1.165) is 42.1 Å². The molecule has 130 valence electrons. The number of rotatable bonds is 4. The van der Waals surface area contributed by atoms with Gasteiger partial charge < -0.3 is 5.73 Å². The van der Waals surface area contributed by atoms with E-state index in [-0.39, 0.29) is 0 Å². The van der Waals surface area contributed by atoms with Crippen molar-refractivity contribution in [1.29, 1.82) is 0 Å². The van der Waals surface area contributed by atoms with Crippen molar-refractivity contribution in [3.05, 3.63) is 47.5 Å². The minimum atomic E-state index is 0.467. The zero-order chi connectivity index (χ0) is 17.4. The van der Waals surface area contributed by atoms with Crippen LogP contribution >= 0.6 is 0 Å². The molecule has 0 unspecified atom stereocenters. The number of benzene rings is 1. The van der Waals surface area contributed by atoms with Crippen LogP contribution in [0.2, 0.25) is 0 Å². The molecular weight excluding hydrogens is 312 g/mol. The highest BCUT2D eigenvalue weighted by atomic mass is 15.3. The number of anilines is 1. The number of para-hydroxylation sites is 1. The summed E-state index contributed by atoms with van der Waals surface area (Å²) in [5, 5.41) is 5.53. The van der Waals surface area contributed by atoms with Crippen LogP contribution in [0.3, 0.4) is 0 Å². The third-order valence-electron chi connectivity index (χ3n) is 5.01. The Morgan fingerprint density at radius 1 is 1.20 bits per heavy atom. The molecule has 3 heterocycles. The van der Waals surface area contributed by atoms with Crippen molar-refractivity contribution < 1.29 is 0 Å². The molecule has 1 aliphatic heterocycles. The van der Waals surface area contributed by atoms with Crippen molar-refractivity contribution in [2.75, 3.05) is 12.3 Å². The summed E-state index contributed by atoms with van der Waals surface area (Å²) >= 11 is 0. The third-order valence-corrected chi connectivity index (χ3v) is 5.01. The zero-order valence-corrected chi connectivity index (χ0v) is 14.8. The van der Waals surface area contributed by atoms with Gasteiger partial charge in [0, 0.05) is 17.1 Å². The first-order chi connectivity index (χ1) is 12.1. The van der Waals surface area contributed by atoms with Crippen LogP contribution in [0, 0.1) is 13.8 Å². The minimum absolute atomic E-state index is 0.467. The van der Waals surface area contributed by atoms with E-state index >= 15 is 0 Å². The quantitative estimate of drug-likeness (QED) is 0.793. The summed E-state index contributed by atoms with van der Waals surface area (Å²) in [6, 6.07) is 10.5. The number of aromatic nitrogens is 4. The number of fused-ring (bicyclic) bond motifs is 1. The molecule has 1 atom stereocenters. The Morgan fingerprint density at radius 2 is 2.04 bits per heavy atom. The van der Waals surface area contributed by atoms with Crippen LogP contribution in [-0.2, 0) is 13.1 Å². The van der Waals surface area contributed by atoms with Crippen molar-refractivity contribution in [2.45, 2.75) is 45.8 Å². The summed E-state index contributed by atoms with van der Waals surface area (Å²) in [6.45, 7) is 6.88. The molecular formula is C19H24N6. The lowest BCUT2D eigenvalue weighted by Gasteiger charge is -2.24. The number of hydrogen-bond donors (Lipinski definition) is 1. The highest BCUT2D eigenvalue weighted by molar-refractivity contribution is 5.87. The van der Waals surface area contributed by atoms with Crippen LogP contribution in [0.1, 0.15) is 30.1 Å². The highest BCUT2D eigenvalue weighted by Crippen LogP contribution is 2.23. The van der Waals surface area contributed by atoms with Gasteiger partial charge in [0.2, 0.25) is 0 Å². The average molecular weight is 336 g/mol. The summed E-state index contributed by atoms with van der Waals surface area (Å²) < 4.78 is 2.12. The molecule has 0 spiro atoms. The molecule has 1 aliphatic rings. The van der Waals surface area contributed by atoms with E-state index in [9.17, 15) is 0 Å². The summed E-state index contributed by atoms with van der Waals surface area (Å²) in [7, 11) is 0. The largest absolute Gasteiger partial charge is 0.383 e. The van der Waals surface area contributed by atoms with Gasteiger partial charge in [-0.25, -0.2) is 9.97 Å². The van der Waals surface area contributed by atoms with E-state index in [4.69, 9.17) is 10.7 Å². The first-order valence-electron chi connectivity index (χ1n) is 8.86. The van der Waals surface area contributed by atoms with Gasteiger partial charge in [0.15, 0.2) is 0 Å². The van der Waals surface area contributed by atoms with Gasteiger partial charge in [-0.2, -0.15) is 5.10 Å². The van der Waals surface area contributed by atoms with Gasteiger partial charge in [-0.05, 0) is 51.4 Å². The number of nitrogen functional groups attached to an aromatic ring is 1. The van der Waals surface area contributed by atoms with Crippen molar-refractivity contribution in [1.82, 2.24) is 24.6 Å². The highest BCUT2D eigenvalue weighted by Gasteiger charge is 2.26. The lowest BCUT2D eigenvalue weighted by Crippen LogP contribution is -2.33. The monoisotopic (exact) mass is 336 g/mol. The van der Waals surface area contributed by atoms with Crippen LogP contribution < -0.4 is 5.73 Å². The summed E-state index contributed by atoms with van der Waals surface area (Å²) in [6.07, 6.45) is 2.38. The van der Waals surface area contributed by atoms with Crippen molar-refractivity contribution in [3.8, 4) is 0 Å². The van der Waals surface area contributed by atoms with Crippen LogP contribution in [0.4, 0.5) is 5.82 Å². The smallest absolute Gasteiger partial charge is 0.145 e. The predicted molar refractivity (Wildman–Crippen MR) is 99.1 cm³/mol. The number of nitrogens with zero attached hydrogens (tertiary/aromatic N) is 5. The maximum atomic E-state index is 6.13. The predicted octanol–water partition coefficient (Wildman–Crippen LogP) is 2.69. The molecule has 25 heavy (non-hydrogen) atoms. The fraction of sp³-hybridized carbons (Fsp3) is 0.421. The second-order valence-electron chi connectivity index (χ2n) is 6.92. The number of likely N-dealkylation sites (tertiary alicyclic amines) is 1. The second kappa shape index (κ2) is 6.44. The molecule has 0 radical (unpaired) electrons. The lowest BCUT2D eigenvalue weighted by molar-refractivity contribution is 0.213. The molecule has 6 nitrogen and oxygen atoms in total. The van der Waals surface area contributed by atoms with Crippen molar-refractivity contribution >= 4 is 16.7 Å². The Balaban J connectivity index is 1.54. The normalized spacial score (nSPS) is 18.2. The molecule has 0 saturated carbocycles. The summed E-state index contributed by atoms with van der Waals surface area (Å²) in [4.78, 5) is 11.7. The standard InChI is InChI=1S/C19H24N6/c1-13-10-14(2)25(23-13)11-15-6-5-9-24(15)12-18-21-17-8-4-3-7-16(17)19(20)22-18/h3-4,7-8,10,15H,5-6,9,11-12H2,1-2H3,(H2,20,21,22)/t15-/m0/s1. The van der Waals surface area contributed by atoms with E-state index in [1.807, 2.05) is 31.2 Å². The van der Waals surface area contributed by atoms with Gasteiger partial charge in [0.05, 0.1) is 24.3 Å². The van der Waals surface area contributed by atoms with Gasteiger partial charge in [0.25, 0.3) is 0 Å². The molecule has 0 aliphatic carbocycles. The molecule has 4 rings (SSSR count). The van der Waals surface area contributed by atoms with Gasteiger partial charge >= 0.3 is 0 Å². The average Bonchev–Trinajstić information content (AvgIpc) is 3.14. The maximum Gasteiger partial charge on any atom is 0.145 e. The fourth-order valence-corrected chi connectivity index (χ4v) is 3.77. The topological polar surface area (TPSA) is 72.9 Å². The SMILES string of the molecule is Cc1cc(C)n(C[C@@H]2CCCN2Cc2nc(N)c3ccccc3n2)n1. The van der Waals surface area contributed by atoms with Crippen LogP contribution in [0.15, 0.2) is 30.3 Å². The van der Waals surface area contributed by atoms with E-state index in [0.29, 0.717) is 11.9 Å². The molecule has 0 bridgehead atoms. The van der Waals surface area contributed by atoms with Gasteiger partial charge in [0.1, 0.15) is 11.6 Å². The Hall–Kier alpha value is -2.47. The van der Waals surface area contributed by atoms with Gasteiger partial charge in [-0.15, -0.1) is 0 Å². The second-order valence-corrected chi connectivity index (χ2v) is 6.92. The van der Waals surface area contributed by atoms with Crippen molar-refractivity contribution in [2.24, 2.45) is 0 Å². The van der Waals surface area contributed by atoms with E-state index in [1.54, 1.807) is 0 Å². The summed E-state index contributed by atoms with van der Waals surface area (Å²) in [5.41, 5.74) is 9.34. The van der Waals surface area contributed by atoms with E-state index in [1.165, 1.54) is 18.5 Å². The number of aryl methyl sites for hydroxylation is 2. The number of hydrogen-bond acceptors (Lipinski definition) is 5. The molecule has 2 aromatic heterocycles. The van der Waals surface area contributed by atoms with E-state index in [2.05, 4.69) is 32.7 Å². The fourth-order valence-electron chi connectivity index (χ4n) is 3.77. The maximum absolute atomic E-state index is 6.13. The molecule has 1 aromatic carbocycles. The number of nitrogens with two attached hydrogens (primary N) is 1. The molecule has 6 heteroatoms. The van der Waals surface area contributed by atoms with Crippen LogP contribution in [-0.4, -0.2) is 37.2 Å². The molecule has 3 aromatic rings. The third kappa shape index (κ3) is 3.22. The first-order valence-corrected chi connectivity index (χ1v) is 8.86. The first kappa shape index (κ1) is 16.0. The van der Waals surface area contributed by atoms with Gasteiger partial charge in [-0.1, -0.05) is 12.1 Å². The molecule has 0 amide bonds. The Kier molecular flexibility index (Phi) is 4.13.